The summed E-state index contributed by atoms with van der Waals surface area (Å²) in [5.74, 6) is 0.538. The van der Waals surface area contributed by atoms with Gasteiger partial charge in [0.2, 0.25) is 0 Å². The van der Waals surface area contributed by atoms with E-state index in [4.69, 9.17) is 5.11 Å². The van der Waals surface area contributed by atoms with Crippen LogP contribution < -0.4 is 0 Å². The average molecular weight is 226 g/mol. The standard InChI is InChI=1S/C16H18O/c1-12(2)14-6-4-8-16(10-14)15-7-3-5-13(9-15)11-17/h3-10,12,17H,11H2,1-2H3. The van der Waals surface area contributed by atoms with Gasteiger partial charge in [-0.15, -0.1) is 0 Å². The molecule has 2 aromatic rings. The van der Waals surface area contributed by atoms with Gasteiger partial charge in [0.25, 0.3) is 0 Å². The molecule has 0 radical (unpaired) electrons. The van der Waals surface area contributed by atoms with Crippen LogP contribution in [0.1, 0.15) is 30.9 Å². The third-order valence-electron chi connectivity index (χ3n) is 3.00. The summed E-state index contributed by atoms with van der Waals surface area (Å²) in [6, 6.07) is 16.6. The molecule has 0 saturated heterocycles. The van der Waals surface area contributed by atoms with Gasteiger partial charge in [-0.25, -0.2) is 0 Å². The molecule has 0 atom stereocenters. The summed E-state index contributed by atoms with van der Waals surface area (Å²) in [7, 11) is 0. The van der Waals surface area contributed by atoms with E-state index in [1.54, 1.807) is 0 Å². The second-order valence-corrected chi connectivity index (χ2v) is 4.64. The van der Waals surface area contributed by atoms with E-state index in [0.717, 1.165) is 5.56 Å². The van der Waals surface area contributed by atoms with Crippen LogP contribution in [0.3, 0.4) is 0 Å². The van der Waals surface area contributed by atoms with Crippen molar-refractivity contribution in [1.82, 2.24) is 0 Å². The Morgan fingerprint density at radius 2 is 1.59 bits per heavy atom. The van der Waals surface area contributed by atoms with Crippen molar-refractivity contribution in [3.63, 3.8) is 0 Å². The maximum absolute atomic E-state index is 9.15. The van der Waals surface area contributed by atoms with Crippen LogP contribution in [0, 0.1) is 0 Å². The van der Waals surface area contributed by atoms with Crippen molar-refractivity contribution in [3.8, 4) is 11.1 Å². The normalized spacial score (nSPS) is 10.8. The lowest BCUT2D eigenvalue weighted by atomic mass is 9.97. The molecular formula is C16H18O. The maximum atomic E-state index is 9.15. The van der Waals surface area contributed by atoms with Crippen molar-refractivity contribution >= 4 is 0 Å². The Labute approximate surface area is 103 Å². The molecule has 0 spiro atoms. The first kappa shape index (κ1) is 11.9. The Kier molecular flexibility index (Phi) is 3.60. The number of benzene rings is 2. The van der Waals surface area contributed by atoms with Gasteiger partial charge in [-0.3, -0.25) is 0 Å². The molecule has 88 valence electrons. The van der Waals surface area contributed by atoms with E-state index in [1.807, 2.05) is 18.2 Å². The molecule has 0 fully saturated rings. The smallest absolute Gasteiger partial charge is 0.0682 e. The molecule has 0 unspecified atom stereocenters. The maximum Gasteiger partial charge on any atom is 0.0682 e. The Balaban J connectivity index is 2.41. The first-order chi connectivity index (χ1) is 8.20. The lowest BCUT2D eigenvalue weighted by Crippen LogP contribution is -1.89. The summed E-state index contributed by atoms with van der Waals surface area (Å²) >= 11 is 0. The molecule has 0 aliphatic carbocycles. The first-order valence-corrected chi connectivity index (χ1v) is 6.01. The molecule has 0 bridgehead atoms. The summed E-state index contributed by atoms with van der Waals surface area (Å²) in [6.07, 6.45) is 0. The number of hydrogen-bond acceptors (Lipinski definition) is 1. The van der Waals surface area contributed by atoms with Crippen LogP contribution >= 0.6 is 0 Å². The van der Waals surface area contributed by atoms with Gasteiger partial charge in [-0.05, 0) is 34.2 Å². The predicted molar refractivity (Wildman–Crippen MR) is 71.9 cm³/mol. The summed E-state index contributed by atoms with van der Waals surface area (Å²) in [5, 5.41) is 9.15. The highest BCUT2D eigenvalue weighted by Crippen LogP contribution is 2.24. The predicted octanol–water partition coefficient (Wildman–Crippen LogP) is 3.97. The third kappa shape index (κ3) is 2.75. The number of aliphatic hydroxyl groups is 1. The van der Waals surface area contributed by atoms with Gasteiger partial charge >= 0.3 is 0 Å². The second kappa shape index (κ2) is 5.15. The molecule has 1 N–H and O–H groups in total. The Bertz CT molecular complexity index is 500. The van der Waals surface area contributed by atoms with E-state index in [1.165, 1.54) is 16.7 Å². The van der Waals surface area contributed by atoms with Crippen molar-refractivity contribution in [1.29, 1.82) is 0 Å². The van der Waals surface area contributed by atoms with Crippen LogP contribution in [0.4, 0.5) is 0 Å². The highest BCUT2D eigenvalue weighted by molar-refractivity contribution is 5.65. The van der Waals surface area contributed by atoms with Crippen LogP contribution in [-0.2, 0) is 6.61 Å². The van der Waals surface area contributed by atoms with Crippen LogP contribution in [0.25, 0.3) is 11.1 Å². The topological polar surface area (TPSA) is 20.2 Å². The van der Waals surface area contributed by atoms with Crippen molar-refractivity contribution in [2.75, 3.05) is 0 Å². The van der Waals surface area contributed by atoms with E-state index in [2.05, 4.69) is 44.2 Å². The molecule has 0 aliphatic rings. The lowest BCUT2D eigenvalue weighted by Gasteiger charge is -2.09. The van der Waals surface area contributed by atoms with Gasteiger partial charge in [0, 0.05) is 0 Å². The largest absolute Gasteiger partial charge is 0.392 e. The monoisotopic (exact) mass is 226 g/mol. The fourth-order valence-corrected chi connectivity index (χ4v) is 1.93. The quantitative estimate of drug-likeness (QED) is 0.839. The Morgan fingerprint density at radius 3 is 2.24 bits per heavy atom. The molecule has 17 heavy (non-hydrogen) atoms. The summed E-state index contributed by atoms with van der Waals surface area (Å²) in [5.41, 5.74) is 4.68. The average Bonchev–Trinajstić information content (AvgIpc) is 2.39. The minimum atomic E-state index is 0.0950. The van der Waals surface area contributed by atoms with Crippen LogP contribution in [0.2, 0.25) is 0 Å². The number of aliphatic hydroxyl groups excluding tert-OH is 1. The molecule has 2 aromatic carbocycles. The van der Waals surface area contributed by atoms with Crippen molar-refractivity contribution < 1.29 is 5.11 Å². The fourth-order valence-electron chi connectivity index (χ4n) is 1.93. The van der Waals surface area contributed by atoms with E-state index in [-0.39, 0.29) is 6.61 Å². The van der Waals surface area contributed by atoms with E-state index < -0.39 is 0 Å². The zero-order valence-electron chi connectivity index (χ0n) is 10.4. The van der Waals surface area contributed by atoms with E-state index in [0.29, 0.717) is 5.92 Å². The van der Waals surface area contributed by atoms with Crippen LogP contribution in [0.5, 0.6) is 0 Å². The highest BCUT2D eigenvalue weighted by Gasteiger charge is 2.02. The molecule has 1 heteroatoms. The number of rotatable bonds is 3. The van der Waals surface area contributed by atoms with Crippen LogP contribution in [-0.4, -0.2) is 5.11 Å². The second-order valence-electron chi connectivity index (χ2n) is 4.64. The number of hydrogen-bond donors (Lipinski definition) is 1. The molecular weight excluding hydrogens is 208 g/mol. The summed E-state index contributed by atoms with van der Waals surface area (Å²) in [4.78, 5) is 0. The van der Waals surface area contributed by atoms with Crippen molar-refractivity contribution in [2.45, 2.75) is 26.4 Å². The summed E-state index contributed by atoms with van der Waals surface area (Å²) < 4.78 is 0. The zero-order valence-corrected chi connectivity index (χ0v) is 10.4. The molecule has 0 aromatic heterocycles. The Hall–Kier alpha value is -1.60. The molecule has 0 aliphatic heterocycles. The minimum absolute atomic E-state index is 0.0950. The third-order valence-corrected chi connectivity index (χ3v) is 3.00. The first-order valence-electron chi connectivity index (χ1n) is 6.01. The van der Waals surface area contributed by atoms with Gasteiger partial charge < -0.3 is 5.11 Å². The lowest BCUT2D eigenvalue weighted by molar-refractivity contribution is 0.282. The van der Waals surface area contributed by atoms with Gasteiger partial charge in [0.15, 0.2) is 0 Å². The fraction of sp³-hybridized carbons (Fsp3) is 0.250. The minimum Gasteiger partial charge on any atom is -0.392 e. The molecule has 2 rings (SSSR count). The van der Waals surface area contributed by atoms with Crippen molar-refractivity contribution in [3.05, 3.63) is 59.7 Å². The molecule has 1 nitrogen and oxygen atoms in total. The van der Waals surface area contributed by atoms with Gasteiger partial charge in [-0.2, -0.15) is 0 Å². The van der Waals surface area contributed by atoms with Crippen LogP contribution in [0.15, 0.2) is 48.5 Å². The summed E-state index contributed by atoms with van der Waals surface area (Å²) in [6.45, 7) is 4.49. The SMILES string of the molecule is CC(C)c1cccc(-c2cccc(CO)c2)c1. The van der Waals surface area contributed by atoms with E-state index >= 15 is 0 Å². The zero-order chi connectivity index (χ0) is 12.3. The van der Waals surface area contributed by atoms with Crippen molar-refractivity contribution in [2.24, 2.45) is 0 Å². The van der Waals surface area contributed by atoms with Gasteiger partial charge in [0.1, 0.15) is 0 Å². The molecule has 0 saturated carbocycles. The Morgan fingerprint density at radius 1 is 0.941 bits per heavy atom. The molecule has 0 heterocycles. The highest BCUT2D eigenvalue weighted by atomic mass is 16.3. The van der Waals surface area contributed by atoms with Gasteiger partial charge in [-0.1, -0.05) is 56.3 Å². The van der Waals surface area contributed by atoms with Gasteiger partial charge in [0.05, 0.1) is 6.61 Å². The molecule has 0 amide bonds. The van der Waals surface area contributed by atoms with E-state index in [9.17, 15) is 0 Å².